The van der Waals surface area contributed by atoms with Crippen LogP contribution in [0.15, 0.2) is 60.7 Å². The molecule has 0 spiro atoms. The summed E-state index contributed by atoms with van der Waals surface area (Å²) in [5.41, 5.74) is 4.09. The molecule has 2 heterocycles. The number of nitrogens with zero attached hydrogens (tertiary/aromatic N) is 4. The van der Waals surface area contributed by atoms with Crippen molar-refractivity contribution < 1.29 is 0 Å². The van der Waals surface area contributed by atoms with Gasteiger partial charge in [-0.25, -0.2) is 9.97 Å². The lowest BCUT2D eigenvalue weighted by Gasteiger charge is -2.09. The zero-order valence-electron chi connectivity index (χ0n) is 13.6. The number of rotatable bonds is 0. The molecule has 5 aromatic rings. The molecule has 2 aromatic heterocycles. The Labute approximate surface area is 148 Å². The van der Waals surface area contributed by atoms with E-state index in [0.29, 0.717) is 22.2 Å². The summed E-state index contributed by atoms with van der Waals surface area (Å²) in [7, 11) is 0. The molecule has 0 unspecified atom stereocenters. The Balaban J connectivity index is 2.05. The van der Waals surface area contributed by atoms with E-state index in [1.165, 1.54) is 0 Å². The van der Waals surface area contributed by atoms with Gasteiger partial charge in [-0.05, 0) is 24.3 Å². The zero-order chi connectivity index (χ0) is 17.7. The molecule has 0 aliphatic rings. The molecule has 0 bridgehead atoms. The Morgan fingerprint density at radius 1 is 0.538 bits per heavy atom. The quantitative estimate of drug-likeness (QED) is 0.381. The van der Waals surface area contributed by atoms with E-state index in [9.17, 15) is 10.5 Å². The molecule has 26 heavy (non-hydrogen) atoms. The molecule has 4 heteroatoms. The van der Waals surface area contributed by atoms with Gasteiger partial charge in [-0.3, -0.25) is 0 Å². The summed E-state index contributed by atoms with van der Waals surface area (Å²) in [6, 6.07) is 23.6. The average Bonchev–Trinajstić information content (AvgIpc) is 2.68. The van der Waals surface area contributed by atoms with Crippen molar-refractivity contribution in [3.05, 3.63) is 71.8 Å². The predicted molar refractivity (Wildman–Crippen MR) is 101 cm³/mol. The second kappa shape index (κ2) is 5.24. The molecule has 3 aromatic carbocycles. The van der Waals surface area contributed by atoms with E-state index >= 15 is 0 Å². The molecule has 0 aliphatic heterocycles. The van der Waals surface area contributed by atoms with Crippen LogP contribution in [-0.4, -0.2) is 9.97 Å². The normalized spacial score (nSPS) is 11.0. The standard InChI is InChI=1S/C22H10N4/c23-11-17-13-5-1-3-7-19(13)25-21-10-16-18(12-24)14-6-2-4-8-20(14)26-22(16)9-15(17)21/h1-10H. The monoisotopic (exact) mass is 330 g/mol. The van der Waals surface area contributed by atoms with Gasteiger partial charge >= 0.3 is 0 Å². The maximum Gasteiger partial charge on any atom is 0.101 e. The topological polar surface area (TPSA) is 73.4 Å². The highest BCUT2D eigenvalue weighted by Crippen LogP contribution is 2.32. The first-order valence-corrected chi connectivity index (χ1v) is 8.15. The van der Waals surface area contributed by atoms with Crippen LogP contribution < -0.4 is 0 Å². The molecular formula is C22H10N4. The average molecular weight is 330 g/mol. The molecule has 0 atom stereocenters. The summed E-state index contributed by atoms with van der Waals surface area (Å²) in [5, 5.41) is 22.6. The van der Waals surface area contributed by atoms with Gasteiger partial charge in [0.1, 0.15) is 12.1 Å². The summed E-state index contributed by atoms with van der Waals surface area (Å²) in [4.78, 5) is 9.41. The van der Waals surface area contributed by atoms with Crippen molar-refractivity contribution in [3.63, 3.8) is 0 Å². The lowest BCUT2D eigenvalue weighted by atomic mass is 9.98. The molecule has 0 amide bonds. The van der Waals surface area contributed by atoms with Crippen LogP contribution >= 0.6 is 0 Å². The van der Waals surface area contributed by atoms with E-state index < -0.39 is 0 Å². The van der Waals surface area contributed by atoms with Crippen LogP contribution in [0, 0.1) is 22.7 Å². The van der Waals surface area contributed by atoms with Gasteiger partial charge in [0.2, 0.25) is 0 Å². The number of nitriles is 2. The second-order valence-electron chi connectivity index (χ2n) is 6.12. The van der Waals surface area contributed by atoms with Gasteiger partial charge in [-0.15, -0.1) is 0 Å². The van der Waals surface area contributed by atoms with Crippen LogP contribution in [0.1, 0.15) is 11.1 Å². The lowest BCUT2D eigenvalue weighted by Crippen LogP contribution is -1.93. The van der Waals surface area contributed by atoms with Crippen LogP contribution in [0.5, 0.6) is 0 Å². The summed E-state index contributed by atoms with van der Waals surface area (Å²) in [6.07, 6.45) is 0. The fourth-order valence-corrected chi connectivity index (χ4v) is 3.52. The van der Waals surface area contributed by atoms with E-state index in [2.05, 4.69) is 12.1 Å². The minimum atomic E-state index is 0.584. The summed E-state index contributed by atoms with van der Waals surface area (Å²) in [5.74, 6) is 0. The van der Waals surface area contributed by atoms with Gasteiger partial charge in [0, 0.05) is 21.5 Å². The molecular weight excluding hydrogens is 320 g/mol. The van der Waals surface area contributed by atoms with E-state index in [0.717, 1.165) is 32.6 Å². The zero-order valence-corrected chi connectivity index (χ0v) is 13.6. The van der Waals surface area contributed by atoms with Crippen molar-refractivity contribution >= 4 is 43.6 Å². The molecule has 0 saturated heterocycles. The van der Waals surface area contributed by atoms with Crippen LogP contribution in [0.3, 0.4) is 0 Å². The maximum atomic E-state index is 9.73. The third-order valence-corrected chi connectivity index (χ3v) is 4.70. The van der Waals surface area contributed by atoms with Crippen molar-refractivity contribution in [2.75, 3.05) is 0 Å². The SMILES string of the molecule is N#Cc1c2ccccc2nc2cc3c(C#N)c4ccccc4nc3cc12. The third-order valence-electron chi connectivity index (χ3n) is 4.70. The summed E-state index contributed by atoms with van der Waals surface area (Å²) in [6.45, 7) is 0. The van der Waals surface area contributed by atoms with Gasteiger partial charge in [-0.1, -0.05) is 36.4 Å². The molecule has 5 rings (SSSR count). The molecule has 0 saturated carbocycles. The van der Waals surface area contributed by atoms with E-state index in [4.69, 9.17) is 9.97 Å². The van der Waals surface area contributed by atoms with Crippen molar-refractivity contribution in [1.82, 2.24) is 9.97 Å². The highest BCUT2D eigenvalue weighted by atomic mass is 14.7. The Morgan fingerprint density at radius 3 is 1.38 bits per heavy atom. The molecule has 0 aliphatic carbocycles. The Hall–Kier alpha value is -4.02. The number of fused-ring (bicyclic) bond motifs is 4. The van der Waals surface area contributed by atoms with E-state index in [1.54, 1.807) is 0 Å². The van der Waals surface area contributed by atoms with Crippen molar-refractivity contribution in [1.29, 1.82) is 10.5 Å². The van der Waals surface area contributed by atoms with Crippen molar-refractivity contribution in [2.45, 2.75) is 0 Å². The minimum Gasteiger partial charge on any atom is -0.248 e. The fraction of sp³-hybridized carbons (Fsp3) is 0. The third kappa shape index (κ3) is 1.87. The van der Waals surface area contributed by atoms with Crippen LogP contribution in [-0.2, 0) is 0 Å². The molecule has 0 fully saturated rings. The second-order valence-corrected chi connectivity index (χ2v) is 6.12. The van der Waals surface area contributed by atoms with Crippen LogP contribution in [0.4, 0.5) is 0 Å². The number of aromatic nitrogens is 2. The van der Waals surface area contributed by atoms with Gasteiger partial charge in [0.05, 0.1) is 33.2 Å². The Morgan fingerprint density at radius 2 is 0.962 bits per heavy atom. The smallest absolute Gasteiger partial charge is 0.101 e. The Kier molecular flexibility index (Phi) is 2.89. The van der Waals surface area contributed by atoms with E-state index in [1.807, 2.05) is 60.7 Å². The maximum absolute atomic E-state index is 9.73. The first-order valence-electron chi connectivity index (χ1n) is 8.15. The first kappa shape index (κ1) is 14.3. The highest BCUT2D eigenvalue weighted by molar-refractivity contribution is 6.09. The first-order chi connectivity index (χ1) is 12.8. The lowest BCUT2D eigenvalue weighted by molar-refractivity contribution is 1.45. The minimum absolute atomic E-state index is 0.584. The molecule has 0 N–H and O–H groups in total. The molecule has 4 nitrogen and oxygen atoms in total. The van der Waals surface area contributed by atoms with Gasteiger partial charge < -0.3 is 0 Å². The summed E-state index contributed by atoms with van der Waals surface area (Å²) < 4.78 is 0. The largest absolute Gasteiger partial charge is 0.248 e. The van der Waals surface area contributed by atoms with Crippen LogP contribution in [0.25, 0.3) is 43.6 Å². The Bertz CT molecular complexity index is 1340. The van der Waals surface area contributed by atoms with Gasteiger partial charge in [0.25, 0.3) is 0 Å². The number of hydrogen-bond donors (Lipinski definition) is 0. The number of para-hydroxylation sites is 2. The summed E-state index contributed by atoms with van der Waals surface area (Å²) >= 11 is 0. The molecule has 118 valence electrons. The van der Waals surface area contributed by atoms with Crippen molar-refractivity contribution in [2.24, 2.45) is 0 Å². The van der Waals surface area contributed by atoms with E-state index in [-0.39, 0.29) is 0 Å². The van der Waals surface area contributed by atoms with Crippen molar-refractivity contribution in [3.8, 4) is 12.1 Å². The number of hydrogen-bond acceptors (Lipinski definition) is 4. The van der Waals surface area contributed by atoms with Crippen LogP contribution in [0.2, 0.25) is 0 Å². The predicted octanol–water partition coefficient (Wildman–Crippen LogP) is 4.83. The fourth-order valence-electron chi connectivity index (χ4n) is 3.52. The number of pyridine rings is 2. The highest BCUT2D eigenvalue weighted by Gasteiger charge is 2.14. The number of benzene rings is 3. The molecule has 0 radical (unpaired) electrons. The van der Waals surface area contributed by atoms with Gasteiger partial charge in [0.15, 0.2) is 0 Å². The van der Waals surface area contributed by atoms with Gasteiger partial charge in [-0.2, -0.15) is 10.5 Å².